The Bertz CT molecular complexity index is 987. The molecule has 0 spiro atoms. The Morgan fingerprint density at radius 3 is 1.88 bits per heavy atom. The summed E-state index contributed by atoms with van der Waals surface area (Å²) in [7, 11) is -1.27. The highest BCUT2D eigenvalue weighted by atomic mass is 32.3. The van der Waals surface area contributed by atoms with E-state index >= 15 is 0 Å². The molecule has 0 aliphatic heterocycles. The Balaban J connectivity index is 0.000000301. The summed E-state index contributed by atoms with van der Waals surface area (Å²) in [4.78, 5) is 2.95. The van der Waals surface area contributed by atoms with Gasteiger partial charge in [0, 0.05) is 17.0 Å². The summed E-state index contributed by atoms with van der Waals surface area (Å²) in [5.74, 6) is 0. The second-order valence-electron chi connectivity index (χ2n) is 4.73. The molecule has 1 N–H and O–H groups in total. The molecular weight excluding hydrogens is 332 g/mol. The van der Waals surface area contributed by atoms with Crippen molar-refractivity contribution < 1.29 is 21.7 Å². The lowest BCUT2D eigenvalue weighted by atomic mass is 10.1. The molecule has 0 bridgehead atoms. The number of fused-ring (bicyclic) bond motifs is 2. The van der Waals surface area contributed by atoms with Crippen molar-refractivity contribution in [3.8, 4) is 0 Å². The van der Waals surface area contributed by atoms with Crippen molar-refractivity contribution in [3.05, 3.63) is 59.0 Å². The molecule has 0 radical (unpaired) electrons. The normalized spacial score (nSPS) is 10.8. The number of aromatic nitrogens is 1. The standard InChI is InChI=1S/C14H11N4.CH4O4S/c1-18-12-8-4-2-6-10(12)14(16-17-15)11-7-3-5-9-13(11)18;1-5-6(2,3)4/h2-9H,1H3;1H3,(H,2,3,4)/q+1;. The number of benzene rings is 2. The molecule has 0 fully saturated rings. The molecule has 3 rings (SSSR count). The van der Waals surface area contributed by atoms with Crippen molar-refractivity contribution in [1.29, 1.82) is 0 Å². The Morgan fingerprint density at radius 1 is 1.08 bits per heavy atom. The van der Waals surface area contributed by atoms with E-state index in [1.807, 2.05) is 55.6 Å². The van der Waals surface area contributed by atoms with Gasteiger partial charge in [0.15, 0.2) is 0 Å². The van der Waals surface area contributed by atoms with Crippen molar-refractivity contribution >= 4 is 37.9 Å². The van der Waals surface area contributed by atoms with Gasteiger partial charge in [-0.3, -0.25) is 8.74 Å². The lowest BCUT2D eigenvalue weighted by molar-refractivity contribution is -0.617. The second-order valence-corrected chi connectivity index (χ2v) is 5.91. The quantitative estimate of drug-likeness (QED) is 0.191. The van der Waals surface area contributed by atoms with Crippen LogP contribution in [0.4, 0.5) is 5.69 Å². The maximum atomic E-state index is 9.33. The van der Waals surface area contributed by atoms with Crippen LogP contribution in [0.25, 0.3) is 32.2 Å². The number of nitrogens with zero attached hydrogens (tertiary/aromatic N) is 4. The lowest BCUT2D eigenvalue weighted by Gasteiger charge is -2.05. The van der Waals surface area contributed by atoms with Crippen molar-refractivity contribution in [1.82, 2.24) is 0 Å². The first-order valence-corrected chi connectivity index (χ1v) is 8.13. The third-order valence-corrected chi connectivity index (χ3v) is 3.82. The van der Waals surface area contributed by atoms with Crippen molar-refractivity contribution in [2.75, 3.05) is 7.11 Å². The second kappa shape index (κ2) is 7.24. The van der Waals surface area contributed by atoms with E-state index in [0.29, 0.717) is 5.69 Å². The van der Waals surface area contributed by atoms with Gasteiger partial charge in [-0.15, -0.1) is 0 Å². The van der Waals surface area contributed by atoms with Gasteiger partial charge in [-0.2, -0.15) is 13.0 Å². The lowest BCUT2D eigenvalue weighted by Crippen LogP contribution is -2.29. The van der Waals surface area contributed by atoms with Crippen LogP contribution in [0.3, 0.4) is 0 Å². The third-order valence-electron chi connectivity index (χ3n) is 3.40. The van der Waals surface area contributed by atoms with Crippen LogP contribution in [0.1, 0.15) is 0 Å². The van der Waals surface area contributed by atoms with Gasteiger partial charge in [0.1, 0.15) is 7.05 Å². The van der Waals surface area contributed by atoms with E-state index in [0.717, 1.165) is 28.9 Å². The van der Waals surface area contributed by atoms with Crippen LogP contribution in [0, 0.1) is 0 Å². The highest BCUT2D eigenvalue weighted by Crippen LogP contribution is 2.31. The zero-order chi connectivity index (χ0) is 17.7. The number of hydrogen-bond donors (Lipinski definition) is 1. The summed E-state index contributed by atoms with van der Waals surface area (Å²) in [6.45, 7) is 0. The number of hydrogen-bond acceptors (Lipinski definition) is 4. The van der Waals surface area contributed by atoms with E-state index in [1.54, 1.807) is 0 Å². The Labute approximate surface area is 138 Å². The predicted octanol–water partition coefficient (Wildman–Crippen LogP) is 3.19. The fraction of sp³-hybridized carbons (Fsp3) is 0.133. The minimum absolute atomic E-state index is 0.696. The molecule has 124 valence electrons. The summed E-state index contributed by atoms with van der Waals surface area (Å²) >= 11 is 0. The fourth-order valence-corrected chi connectivity index (χ4v) is 2.36. The van der Waals surface area contributed by atoms with Crippen LogP contribution < -0.4 is 4.57 Å². The molecule has 0 aliphatic carbocycles. The average molecular weight is 347 g/mol. The SMILES string of the molecule is COS(=O)(=O)O.C[n+]1c2ccccc2c(N=[N+]=[N-])c2ccccc21. The smallest absolute Gasteiger partial charge is 0.264 e. The summed E-state index contributed by atoms with van der Waals surface area (Å²) in [5, 5.41) is 5.81. The molecule has 3 aromatic rings. The Morgan fingerprint density at radius 2 is 1.50 bits per heavy atom. The molecule has 1 aromatic heterocycles. The molecule has 0 atom stereocenters. The summed E-state index contributed by atoms with van der Waals surface area (Å²) in [5.41, 5.74) is 11.6. The van der Waals surface area contributed by atoms with Crippen LogP contribution in [0.15, 0.2) is 53.6 Å². The van der Waals surface area contributed by atoms with Crippen LogP contribution in [0.5, 0.6) is 0 Å². The first-order chi connectivity index (χ1) is 11.4. The number of rotatable bonds is 2. The minimum Gasteiger partial charge on any atom is -0.264 e. The van der Waals surface area contributed by atoms with Gasteiger partial charge in [-0.25, -0.2) is 0 Å². The highest BCUT2D eigenvalue weighted by molar-refractivity contribution is 7.80. The summed E-state index contributed by atoms with van der Waals surface area (Å²) in [6.07, 6.45) is 0. The van der Waals surface area contributed by atoms with Crippen LogP contribution in [-0.2, 0) is 21.6 Å². The molecule has 8 nitrogen and oxygen atoms in total. The number of azide groups is 1. The predicted molar refractivity (Wildman–Crippen MR) is 90.0 cm³/mol. The van der Waals surface area contributed by atoms with Crippen molar-refractivity contribution in [3.63, 3.8) is 0 Å². The van der Waals surface area contributed by atoms with Crippen molar-refractivity contribution in [2.24, 2.45) is 12.2 Å². The minimum atomic E-state index is -4.16. The van der Waals surface area contributed by atoms with Gasteiger partial charge >= 0.3 is 10.4 Å². The number of para-hydroxylation sites is 2. The van der Waals surface area contributed by atoms with Crippen LogP contribution >= 0.6 is 0 Å². The van der Waals surface area contributed by atoms with Gasteiger partial charge in [-0.1, -0.05) is 29.4 Å². The monoisotopic (exact) mass is 347 g/mol. The van der Waals surface area contributed by atoms with Gasteiger partial charge in [0.2, 0.25) is 11.0 Å². The Hall–Kier alpha value is -2.71. The average Bonchev–Trinajstić information content (AvgIpc) is 2.58. The first-order valence-electron chi connectivity index (χ1n) is 6.76. The van der Waals surface area contributed by atoms with E-state index in [4.69, 9.17) is 10.1 Å². The van der Waals surface area contributed by atoms with Crippen LogP contribution in [-0.4, -0.2) is 20.1 Å². The highest BCUT2D eigenvalue weighted by Gasteiger charge is 2.15. The van der Waals surface area contributed by atoms with E-state index in [2.05, 4.69) is 18.8 Å². The maximum Gasteiger partial charge on any atom is 0.397 e. The zero-order valence-electron chi connectivity index (χ0n) is 13.0. The van der Waals surface area contributed by atoms with E-state index in [9.17, 15) is 8.42 Å². The molecule has 2 aromatic carbocycles. The number of aryl methyl sites for hydroxylation is 1. The molecule has 0 saturated carbocycles. The molecule has 0 aliphatic rings. The van der Waals surface area contributed by atoms with Gasteiger partial charge in [0.25, 0.3) is 0 Å². The van der Waals surface area contributed by atoms with Crippen molar-refractivity contribution in [2.45, 2.75) is 0 Å². The van der Waals surface area contributed by atoms with E-state index in [-0.39, 0.29) is 0 Å². The Kier molecular flexibility index (Phi) is 5.32. The van der Waals surface area contributed by atoms with E-state index in [1.165, 1.54) is 0 Å². The molecule has 0 saturated heterocycles. The van der Waals surface area contributed by atoms with Gasteiger partial charge < -0.3 is 0 Å². The van der Waals surface area contributed by atoms with Crippen LogP contribution in [0.2, 0.25) is 0 Å². The molecular formula is C15H15N4O4S+. The number of pyridine rings is 1. The maximum absolute atomic E-state index is 9.33. The zero-order valence-corrected chi connectivity index (χ0v) is 13.8. The largest absolute Gasteiger partial charge is 0.397 e. The molecule has 0 amide bonds. The first kappa shape index (κ1) is 17.6. The van der Waals surface area contributed by atoms with Gasteiger partial charge in [-0.05, 0) is 17.7 Å². The molecule has 24 heavy (non-hydrogen) atoms. The molecule has 0 unspecified atom stereocenters. The fourth-order valence-electron chi connectivity index (χ4n) is 2.36. The van der Waals surface area contributed by atoms with Gasteiger partial charge in [0.05, 0.1) is 23.6 Å². The summed E-state index contributed by atoms with van der Waals surface area (Å²) in [6, 6.07) is 15.9. The molecule has 1 heterocycles. The topological polar surface area (TPSA) is 116 Å². The third kappa shape index (κ3) is 3.79. The molecule has 9 heteroatoms. The van der Waals surface area contributed by atoms with E-state index < -0.39 is 10.4 Å². The summed E-state index contributed by atoms with van der Waals surface area (Å²) < 4.78 is 31.8.